The third-order valence-corrected chi connectivity index (χ3v) is 3.51. The Morgan fingerprint density at radius 1 is 0.905 bits per heavy atom. The molecule has 0 saturated heterocycles. The van der Waals surface area contributed by atoms with E-state index >= 15 is 0 Å². The minimum absolute atomic E-state index is 0.320. The Morgan fingerprint density at radius 2 is 1.57 bits per heavy atom. The maximum Gasteiger partial charge on any atom is 0.248 e. The highest BCUT2D eigenvalue weighted by Gasteiger charge is 2.02. The summed E-state index contributed by atoms with van der Waals surface area (Å²) in [6, 6.07) is 9.83. The molecule has 2 aromatic rings. The molecule has 21 heavy (non-hydrogen) atoms. The summed E-state index contributed by atoms with van der Waals surface area (Å²) >= 11 is 23.5. The quantitative estimate of drug-likeness (QED) is 0.673. The molecule has 1 amide bonds. The average Bonchev–Trinajstić information content (AvgIpc) is 2.36. The first-order valence-electron chi connectivity index (χ1n) is 5.84. The van der Waals surface area contributed by atoms with Crippen molar-refractivity contribution < 1.29 is 4.79 Å². The molecule has 0 aliphatic heterocycles. The van der Waals surface area contributed by atoms with Crippen LogP contribution in [0.5, 0.6) is 0 Å². The van der Waals surface area contributed by atoms with Gasteiger partial charge in [0.05, 0.1) is 0 Å². The smallest absolute Gasteiger partial charge is 0.248 e. The van der Waals surface area contributed by atoms with Crippen LogP contribution in [0, 0.1) is 0 Å². The lowest BCUT2D eigenvalue weighted by Gasteiger charge is -2.04. The Bertz CT molecular complexity index is 693. The normalized spacial score (nSPS) is 10.9. The van der Waals surface area contributed by atoms with Crippen LogP contribution in [-0.4, -0.2) is 5.91 Å². The predicted molar refractivity (Wildman–Crippen MR) is 90.6 cm³/mol. The van der Waals surface area contributed by atoms with Gasteiger partial charge >= 0.3 is 0 Å². The third-order valence-electron chi connectivity index (χ3n) is 2.51. The fourth-order valence-electron chi connectivity index (χ4n) is 1.61. The van der Waals surface area contributed by atoms with Crippen molar-refractivity contribution in [1.82, 2.24) is 0 Å². The third kappa shape index (κ3) is 4.94. The number of halogens is 4. The monoisotopic (exact) mass is 359 g/mol. The van der Waals surface area contributed by atoms with Gasteiger partial charge in [0.15, 0.2) is 0 Å². The summed E-state index contributed by atoms with van der Waals surface area (Å²) in [5.41, 5.74) is 1.21. The van der Waals surface area contributed by atoms with E-state index in [0.29, 0.717) is 31.3 Å². The molecule has 0 fully saturated rings. The van der Waals surface area contributed by atoms with Gasteiger partial charge in [0.2, 0.25) is 5.91 Å². The van der Waals surface area contributed by atoms with E-state index in [2.05, 4.69) is 5.32 Å². The summed E-state index contributed by atoms with van der Waals surface area (Å²) in [7, 11) is 0. The second-order valence-electron chi connectivity index (χ2n) is 4.15. The van der Waals surface area contributed by atoms with Crippen LogP contribution in [0.15, 0.2) is 42.5 Å². The lowest BCUT2D eigenvalue weighted by atomic mass is 10.2. The lowest BCUT2D eigenvalue weighted by Crippen LogP contribution is -2.07. The Hall–Kier alpha value is -1.19. The number of amides is 1. The molecule has 0 heterocycles. The summed E-state index contributed by atoms with van der Waals surface area (Å²) in [6.07, 6.45) is 2.96. The van der Waals surface area contributed by atoms with Gasteiger partial charge in [-0.05, 0) is 42.0 Å². The molecule has 108 valence electrons. The van der Waals surface area contributed by atoms with Crippen molar-refractivity contribution in [2.24, 2.45) is 0 Å². The minimum atomic E-state index is -0.320. The molecule has 1 N–H and O–H groups in total. The number of hydrogen-bond acceptors (Lipinski definition) is 1. The second-order valence-corrected chi connectivity index (χ2v) is 5.86. The Kier molecular flexibility index (Phi) is 5.54. The van der Waals surface area contributed by atoms with Gasteiger partial charge in [-0.2, -0.15) is 0 Å². The van der Waals surface area contributed by atoms with Crippen LogP contribution >= 0.6 is 46.4 Å². The summed E-state index contributed by atoms with van der Waals surface area (Å²) in [5.74, 6) is -0.320. The van der Waals surface area contributed by atoms with Crippen molar-refractivity contribution >= 4 is 64.1 Å². The number of benzene rings is 2. The van der Waals surface area contributed by atoms with Crippen molar-refractivity contribution in [1.29, 1.82) is 0 Å². The van der Waals surface area contributed by atoms with Crippen molar-refractivity contribution in [3.63, 3.8) is 0 Å². The number of carbonyl (C=O) groups is 1. The molecule has 0 unspecified atom stereocenters. The van der Waals surface area contributed by atoms with Crippen molar-refractivity contribution in [3.8, 4) is 0 Å². The maximum atomic E-state index is 11.8. The first-order chi connectivity index (χ1) is 9.94. The molecule has 0 aromatic heterocycles. The molecule has 6 heteroatoms. The van der Waals surface area contributed by atoms with Gasteiger partial charge in [-0.1, -0.05) is 52.5 Å². The lowest BCUT2D eigenvalue weighted by molar-refractivity contribution is -0.111. The van der Waals surface area contributed by atoms with Crippen LogP contribution in [0.3, 0.4) is 0 Å². The second kappa shape index (κ2) is 7.19. The van der Waals surface area contributed by atoms with E-state index < -0.39 is 0 Å². The first-order valence-corrected chi connectivity index (χ1v) is 7.35. The van der Waals surface area contributed by atoms with E-state index in [1.54, 1.807) is 42.5 Å². The summed E-state index contributed by atoms with van der Waals surface area (Å²) in [6.45, 7) is 0. The molecule has 0 bridgehead atoms. The van der Waals surface area contributed by atoms with Crippen LogP contribution in [0.4, 0.5) is 5.69 Å². The van der Waals surface area contributed by atoms with Gasteiger partial charge in [0.25, 0.3) is 0 Å². The fraction of sp³-hybridized carbons (Fsp3) is 0. The molecule has 0 saturated carbocycles. The molecular formula is C15H9Cl4NO. The highest BCUT2D eigenvalue weighted by molar-refractivity contribution is 6.36. The van der Waals surface area contributed by atoms with Crippen LogP contribution in [-0.2, 0) is 4.79 Å². The molecule has 2 rings (SSSR count). The zero-order chi connectivity index (χ0) is 15.4. The highest BCUT2D eigenvalue weighted by atomic mass is 35.5. The largest absolute Gasteiger partial charge is 0.322 e. The van der Waals surface area contributed by atoms with Crippen molar-refractivity contribution in [2.75, 3.05) is 5.32 Å². The molecule has 0 radical (unpaired) electrons. The van der Waals surface area contributed by atoms with Gasteiger partial charge < -0.3 is 5.32 Å². The molecule has 0 aliphatic carbocycles. The SMILES string of the molecule is O=C(/C=C\c1ccc(Cl)cc1Cl)Nc1cc(Cl)cc(Cl)c1. The van der Waals surface area contributed by atoms with Gasteiger partial charge in [-0.15, -0.1) is 0 Å². The average molecular weight is 361 g/mol. The minimum Gasteiger partial charge on any atom is -0.322 e. The summed E-state index contributed by atoms with van der Waals surface area (Å²) in [5, 5.41) is 4.56. The van der Waals surface area contributed by atoms with E-state index in [9.17, 15) is 4.79 Å². The van der Waals surface area contributed by atoms with Gasteiger partial charge in [0, 0.05) is 31.9 Å². The van der Waals surface area contributed by atoms with E-state index in [-0.39, 0.29) is 5.91 Å². The Balaban J connectivity index is 2.09. The summed E-state index contributed by atoms with van der Waals surface area (Å²) < 4.78 is 0. The van der Waals surface area contributed by atoms with Crippen LogP contribution in [0.2, 0.25) is 20.1 Å². The van der Waals surface area contributed by atoms with Gasteiger partial charge in [-0.25, -0.2) is 0 Å². The number of nitrogens with one attached hydrogen (secondary N) is 1. The fourth-order valence-corrected chi connectivity index (χ4v) is 2.61. The number of anilines is 1. The molecule has 0 spiro atoms. The molecule has 0 atom stereocenters. The van der Waals surface area contributed by atoms with Crippen molar-refractivity contribution in [3.05, 3.63) is 68.1 Å². The first kappa shape index (κ1) is 16.2. The topological polar surface area (TPSA) is 29.1 Å². The van der Waals surface area contributed by atoms with E-state index in [1.807, 2.05) is 0 Å². The van der Waals surface area contributed by atoms with E-state index in [0.717, 1.165) is 0 Å². The van der Waals surface area contributed by atoms with Gasteiger partial charge in [-0.3, -0.25) is 4.79 Å². The van der Waals surface area contributed by atoms with Gasteiger partial charge in [0.1, 0.15) is 0 Å². The summed E-state index contributed by atoms with van der Waals surface area (Å²) in [4.78, 5) is 11.8. The number of carbonyl (C=O) groups excluding carboxylic acids is 1. The maximum absolute atomic E-state index is 11.8. The van der Waals surface area contributed by atoms with Crippen molar-refractivity contribution in [2.45, 2.75) is 0 Å². The molecule has 2 nitrogen and oxygen atoms in total. The number of hydrogen-bond donors (Lipinski definition) is 1. The standard InChI is InChI=1S/C15H9Cl4NO/c16-10-3-1-9(14(19)8-10)2-4-15(21)20-13-6-11(17)5-12(18)7-13/h1-8H,(H,20,21)/b4-2-. The van der Waals surface area contributed by atoms with E-state index in [1.165, 1.54) is 6.08 Å². The molecule has 2 aromatic carbocycles. The molecular weight excluding hydrogens is 352 g/mol. The van der Waals surface area contributed by atoms with Crippen LogP contribution in [0.25, 0.3) is 6.08 Å². The zero-order valence-electron chi connectivity index (χ0n) is 10.5. The van der Waals surface area contributed by atoms with Crippen LogP contribution in [0.1, 0.15) is 5.56 Å². The van der Waals surface area contributed by atoms with E-state index in [4.69, 9.17) is 46.4 Å². The Morgan fingerprint density at radius 3 is 2.19 bits per heavy atom. The van der Waals surface area contributed by atoms with Crippen LogP contribution < -0.4 is 5.32 Å². The highest BCUT2D eigenvalue weighted by Crippen LogP contribution is 2.23. The predicted octanol–water partition coefficient (Wildman–Crippen LogP) is 5.95. The molecule has 0 aliphatic rings. The zero-order valence-corrected chi connectivity index (χ0v) is 13.6. The Labute approximate surface area is 142 Å². The number of rotatable bonds is 3.